The molecule has 0 bridgehead atoms. The molecule has 7 heteroatoms. The van der Waals surface area contributed by atoms with Crippen molar-refractivity contribution in [3.05, 3.63) is 54.4 Å². The zero-order chi connectivity index (χ0) is 13.2. The van der Waals surface area contributed by atoms with Crippen molar-refractivity contribution in [1.82, 2.24) is 14.8 Å². The fourth-order valence-corrected chi connectivity index (χ4v) is 1.64. The Hall–Kier alpha value is -2.83. The smallest absolute Gasteiger partial charge is 0.267 e. The van der Waals surface area contributed by atoms with Crippen LogP contribution in [-0.2, 0) is 9.47 Å². The summed E-state index contributed by atoms with van der Waals surface area (Å²) in [6, 6.07) is 3.56. The van der Waals surface area contributed by atoms with Crippen LogP contribution < -0.4 is 5.73 Å². The maximum absolute atomic E-state index is 11.0. The molecule has 1 aliphatic rings. The molecule has 0 saturated heterocycles. The third-order valence-electron chi connectivity index (χ3n) is 2.60. The minimum atomic E-state index is -0.526. The largest absolute Gasteiger partial charge is 0.455 e. The highest BCUT2D eigenvalue weighted by Crippen LogP contribution is 2.23. The van der Waals surface area contributed by atoms with Crippen LogP contribution in [0.5, 0.6) is 0 Å². The van der Waals surface area contributed by atoms with Gasteiger partial charge >= 0.3 is 0 Å². The summed E-state index contributed by atoms with van der Waals surface area (Å²) in [6.45, 7) is 0. The highest BCUT2D eigenvalue weighted by molar-refractivity contribution is 5.92. The van der Waals surface area contributed by atoms with E-state index in [0.29, 0.717) is 11.4 Å². The SMILES string of the molecule is NC(=O)c1cnn(-c2ccc(C3OC=CO3)cn2)c1. The zero-order valence-corrected chi connectivity index (χ0v) is 9.76. The molecule has 2 aromatic rings. The van der Waals surface area contributed by atoms with Crippen LogP contribution in [0.2, 0.25) is 0 Å². The van der Waals surface area contributed by atoms with E-state index in [1.807, 2.05) is 6.07 Å². The molecular weight excluding hydrogens is 248 g/mol. The van der Waals surface area contributed by atoms with Crippen LogP contribution in [-0.4, -0.2) is 20.7 Å². The molecular formula is C12H10N4O3. The Balaban J connectivity index is 1.83. The van der Waals surface area contributed by atoms with Gasteiger partial charge in [-0.1, -0.05) is 0 Å². The van der Waals surface area contributed by atoms with Gasteiger partial charge in [-0.25, -0.2) is 9.67 Å². The third-order valence-corrected chi connectivity index (χ3v) is 2.60. The second-order valence-corrected chi connectivity index (χ2v) is 3.86. The van der Waals surface area contributed by atoms with Gasteiger partial charge in [0, 0.05) is 12.4 Å². The number of primary amides is 1. The molecule has 0 fully saturated rings. The van der Waals surface area contributed by atoms with Gasteiger partial charge < -0.3 is 15.2 Å². The maximum Gasteiger partial charge on any atom is 0.267 e. The summed E-state index contributed by atoms with van der Waals surface area (Å²) < 4.78 is 11.9. The fourth-order valence-electron chi connectivity index (χ4n) is 1.64. The van der Waals surface area contributed by atoms with Gasteiger partial charge in [-0.15, -0.1) is 0 Å². The molecule has 1 aliphatic heterocycles. The van der Waals surface area contributed by atoms with Crippen molar-refractivity contribution in [2.45, 2.75) is 6.29 Å². The predicted molar refractivity (Wildman–Crippen MR) is 63.9 cm³/mol. The molecule has 3 rings (SSSR count). The molecule has 0 unspecified atom stereocenters. The van der Waals surface area contributed by atoms with Crippen molar-refractivity contribution in [1.29, 1.82) is 0 Å². The molecule has 0 aliphatic carbocycles. The van der Waals surface area contributed by atoms with E-state index < -0.39 is 12.2 Å². The molecule has 0 saturated carbocycles. The fraction of sp³-hybridized carbons (Fsp3) is 0.0833. The van der Waals surface area contributed by atoms with Crippen molar-refractivity contribution < 1.29 is 14.3 Å². The first kappa shape index (κ1) is 11.3. The van der Waals surface area contributed by atoms with Crippen LogP contribution in [0.3, 0.4) is 0 Å². The Bertz CT molecular complexity index is 625. The van der Waals surface area contributed by atoms with Gasteiger partial charge in [0.25, 0.3) is 12.2 Å². The second-order valence-electron chi connectivity index (χ2n) is 3.86. The third kappa shape index (κ3) is 2.13. The minimum Gasteiger partial charge on any atom is -0.455 e. The molecule has 0 aromatic carbocycles. The van der Waals surface area contributed by atoms with Crippen LogP contribution in [0.25, 0.3) is 5.82 Å². The van der Waals surface area contributed by atoms with Gasteiger partial charge in [0.2, 0.25) is 0 Å². The lowest BCUT2D eigenvalue weighted by Gasteiger charge is -2.10. The first-order valence-electron chi connectivity index (χ1n) is 5.51. The van der Waals surface area contributed by atoms with E-state index in [1.54, 1.807) is 12.3 Å². The first-order valence-corrected chi connectivity index (χ1v) is 5.51. The Morgan fingerprint density at radius 2 is 2.05 bits per heavy atom. The van der Waals surface area contributed by atoms with Crippen molar-refractivity contribution in [2.24, 2.45) is 5.73 Å². The molecule has 96 valence electrons. The number of pyridine rings is 1. The molecule has 0 atom stereocenters. The van der Waals surface area contributed by atoms with Crippen molar-refractivity contribution in [3.63, 3.8) is 0 Å². The summed E-state index contributed by atoms with van der Waals surface area (Å²) in [6.07, 6.45) is 7.04. The Kier molecular flexibility index (Phi) is 2.64. The van der Waals surface area contributed by atoms with Crippen molar-refractivity contribution in [2.75, 3.05) is 0 Å². The van der Waals surface area contributed by atoms with Gasteiger partial charge in [-0.3, -0.25) is 4.79 Å². The standard InChI is InChI=1S/C12H10N4O3/c13-11(17)9-6-15-16(7-9)10-2-1-8(5-14-10)12-18-3-4-19-12/h1-7,12H,(H2,13,17). The summed E-state index contributed by atoms with van der Waals surface area (Å²) in [4.78, 5) is 15.2. The first-order chi connectivity index (χ1) is 9.24. The second kappa shape index (κ2) is 4.45. The van der Waals surface area contributed by atoms with Crippen LogP contribution in [0, 0.1) is 0 Å². The van der Waals surface area contributed by atoms with E-state index >= 15 is 0 Å². The number of rotatable bonds is 3. The molecule has 0 radical (unpaired) electrons. The van der Waals surface area contributed by atoms with E-state index in [0.717, 1.165) is 5.56 Å². The number of aromatic nitrogens is 3. The highest BCUT2D eigenvalue weighted by atomic mass is 16.7. The lowest BCUT2D eigenvalue weighted by Crippen LogP contribution is -2.09. The van der Waals surface area contributed by atoms with Gasteiger partial charge in [-0.05, 0) is 12.1 Å². The van der Waals surface area contributed by atoms with E-state index in [-0.39, 0.29) is 0 Å². The minimum absolute atomic E-state index is 0.331. The topological polar surface area (TPSA) is 92.3 Å². The summed E-state index contributed by atoms with van der Waals surface area (Å²) in [5, 5.41) is 4.01. The van der Waals surface area contributed by atoms with Crippen LogP contribution in [0.1, 0.15) is 22.2 Å². The van der Waals surface area contributed by atoms with Gasteiger partial charge in [-0.2, -0.15) is 5.10 Å². The van der Waals surface area contributed by atoms with Gasteiger partial charge in [0.05, 0.1) is 17.3 Å². The van der Waals surface area contributed by atoms with E-state index in [9.17, 15) is 4.79 Å². The molecule has 7 nitrogen and oxygen atoms in total. The molecule has 1 amide bonds. The normalized spacial score (nSPS) is 14.1. The summed E-state index contributed by atoms with van der Waals surface area (Å²) >= 11 is 0. The Morgan fingerprint density at radius 3 is 2.63 bits per heavy atom. The van der Waals surface area contributed by atoms with Gasteiger partial charge in [0.1, 0.15) is 12.5 Å². The number of carbonyl (C=O) groups excluding carboxylic acids is 1. The van der Waals surface area contributed by atoms with Gasteiger partial charge in [0.15, 0.2) is 5.82 Å². The molecule has 2 N–H and O–H groups in total. The number of amides is 1. The van der Waals surface area contributed by atoms with Crippen molar-refractivity contribution in [3.8, 4) is 5.82 Å². The zero-order valence-electron chi connectivity index (χ0n) is 9.76. The molecule has 3 heterocycles. The molecule has 2 aromatic heterocycles. The quantitative estimate of drug-likeness (QED) is 0.882. The van der Waals surface area contributed by atoms with E-state index in [2.05, 4.69) is 10.1 Å². The summed E-state index contributed by atoms with van der Waals surface area (Å²) in [7, 11) is 0. The average Bonchev–Trinajstić information content (AvgIpc) is 3.11. The lowest BCUT2D eigenvalue weighted by atomic mass is 10.3. The predicted octanol–water partition coefficient (Wildman–Crippen LogP) is 0.883. The van der Waals surface area contributed by atoms with Crippen LogP contribution >= 0.6 is 0 Å². The number of hydrogen-bond acceptors (Lipinski definition) is 5. The number of hydrogen-bond donors (Lipinski definition) is 1. The van der Waals surface area contributed by atoms with Crippen LogP contribution in [0.4, 0.5) is 0 Å². The number of nitrogens with two attached hydrogens (primary N) is 1. The summed E-state index contributed by atoms with van der Waals surface area (Å²) in [5.41, 5.74) is 6.28. The Labute approximate surface area is 108 Å². The Morgan fingerprint density at radius 1 is 1.26 bits per heavy atom. The van der Waals surface area contributed by atoms with E-state index in [1.165, 1.54) is 29.6 Å². The van der Waals surface area contributed by atoms with E-state index in [4.69, 9.17) is 15.2 Å². The lowest BCUT2D eigenvalue weighted by molar-refractivity contribution is -0.0248. The number of ether oxygens (including phenoxy) is 2. The maximum atomic E-state index is 11.0. The van der Waals surface area contributed by atoms with Crippen molar-refractivity contribution >= 4 is 5.91 Å². The number of nitrogens with zero attached hydrogens (tertiary/aromatic N) is 3. The highest BCUT2D eigenvalue weighted by Gasteiger charge is 2.16. The number of carbonyl (C=O) groups is 1. The molecule has 19 heavy (non-hydrogen) atoms. The van der Waals surface area contributed by atoms with Crippen LogP contribution in [0.15, 0.2) is 43.2 Å². The average molecular weight is 258 g/mol. The summed E-state index contributed by atoms with van der Waals surface area (Å²) in [5.74, 6) is 0.0453. The molecule has 0 spiro atoms. The monoisotopic (exact) mass is 258 g/mol.